The second-order valence-corrected chi connectivity index (χ2v) is 5.29. The first-order valence-electron chi connectivity index (χ1n) is 5.30. The molecule has 1 atom stereocenters. The summed E-state index contributed by atoms with van der Waals surface area (Å²) in [4.78, 5) is 17.6. The smallest absolute Gasteiger partial charge is 0.240 e. The maximum atomic E-state index is 11.9. The van der Waals surface area contributed by atoms with Gasteiger partial charge in [-0.3, -0.25) is 9.69 Å². The van der Waals surface area contributed by atoms with Crippen molar-refractivity contribution in [2.45, 2.75) is 5.37 Å². The van der Waals surface area contributed by atoms with E-state index in [4.69, 9.17) is 11.6 Å². The van der Waals surface area contributed by atoms with E-state index >= 15 is 0 Å². The Kier molecular flexibility index (Phi) is 2.97. The lowest BCUT2D eigenvalue weighted by Crippen LogP contribution is -2.28. The average Bonchev–Trinajstić information content (AvgIpc) is 2.99. The SMILES string of the molecule is O=C1CSC(c2ccc(Cl)cc2)N1c1ncn[nH]1. The molecule has 1 unspecified atom stereocenters. The van der Waals surface area contributed by atoms with Crippen LogP contribution in [0.3, 0.4) is 0 Å². The number of anilines is 1. The fraction of sp³-hybridized carbons (Fsp3) is 0.182. The number of H-pyrrole nitrogens is 1. The largest absolute Gasteiger partial charge is 0.273 e. The number of amides is 1. The van der Waals surface area contributed by atoms with Gasteiger partial charge in [0, 0.05) is 5.02 Å². The summed E-state index contributed by atoms with van der Waals surface area (Å²) < 4.78 is 0. The van der Waals surface area contributed by atoms with Crippen molar-refractivity contribution < 1.29 is 4.79 Å². The van der Waals surface area contributed by atoms with Crippen LogP contribution >= 0.6 is 23.4 Å². The van der Waals surface area contributed by atoms with Gasteiger partial charge < -0.3 is 0 Å². The second-order valence-electron chi connectivity index (χ2n) is 3.79. The standard InChI is InChI=1S/C11H9ClN4OS/c12-8-3-1-7(2-4-8)10-16(9(17)5-18-10)11-13-6-14-15-11/h1-4,6,10H,5H2,(H,13,14,15). The van der Waals surface area contributed by atoms with Gasteiger partial charge in [-0.25, -0.2) is 5.10 Å². The van der Waals surface area contributed by atoms with Crippen molar-refractivity contribution in [1.29, 1.82) is 0 Å². The monoisotopic (exact) mass is 280 g/mol. The molecule has 1 aliphatic rings. The zero-order valence-electron chi connectivity index (χ0n) is 9.21. The summed E-state index contributed by atoms with van der Waals surface area (Å²) in [6.45, 7) is 0. The fourth-order valence-electron chi connectivity index (χ4n) is 1.84. The Morgan fingerprint density at radius 2 is 2.17 bits per heavy atom. The van der Waals surface area contributed by atoms with Gasteiger partial charge in [0.25, 0.3) is 0 Å². The number of aromatic amines is 1. The van der Waals surface area contributed by atoms with Crippen LogP contribution in [0.4, 0.5) is 5.95 Å². The Hall–Kier alpha value is -1.53. The third-order valence-electron chi connectivity index (χ3n) is 2.65. The van der Waals surface area contributed by atoms with E-state index < -0.39 is 0 Å². The van der Waals surface area contributed by atoms with Crippen LogP contribution in [0.5, 0.6) is 0 Å². The van der Waals surface area contributed by atoms with E-state index in [1.165, 1.54) is 6.33 Å². The van der Waals surface area contributed by atoms with Crippen LogP contribution < -0.4 is 4.90 Å². The van der Waals surface area contributed by atoms with Crippen molar-refractivity contribution in [2.24, 2.45) is 0 Å². The number of nitrogens with zero attached hydrogens (tertiary/aromatic N) is 3. The highest BCUT2D eigenvalue weighted by molar-refractivity contribution is 8.00. The number of hydrogen-bond acceptors (Lipinski definition) is 4. The summed E-state index contributed by atoms with van der Waals surface area (Å²) in [6.07, 6.45) is 1.39. The number of benzene rings is 1. The molecular formula is C11H9ClN4OS. The van der Waals surface area contributed by atoms with Gasteiger partial charge >= 0.3 is 0 Å². The van der Waals surface area contributed by atoms with Crippen LogP contribution in [-0.2, 0) is 4.79 Å². The van der Waals surface area contributed by atoms with E-state index in [1.807, 2.05) is 24.3 Å². The molecule has 1 saturated heterocycles. The molecule has 1 amide bonds. The van der Waals surface area contributed by atoms with Crippen molar-refractivity contribution >= 4 is 35.2 Å². The Morgan fingerprint density at radius 3 is 2.83 bits per heavy atom. The van der Waals surface area contributed by atoms with Gasteiger partial charge in [-0.1, -0.05) is 23.7 Å². The lowest BCUT2D eigenvalue weighted by atomic mass is 10.2. The van der Waals surface area contributed by atoms with E-state index in [0.29, 0.717) is 16.7 Å². The van der Waals surface area contributed by atoms with Crippen LogP contribution in [0.2, 0.25) is 5.02 Å². The summed E-state index contributed by atoms with van der Waals surface area (Å²) in [5.41, 5.74) is 1.02. The highest BCUT2D eigenvalue weighted by Gasteiger charge is 2.35. The molecule has 2 heterocycles. The molecular weight excluding hydrogens is 272 g/mol. The summed E-state index contributed by atoms with van der Waals surface area (Å²) in [7, 11) is 0. The second kappa shape index (κ2) is 4.62. The lowest BCUT2D eigenvalue weighted by molar-refractivity contribution is -0.115. The fourth-order valence-corrected chi connectivity index (χ4v) is 3.12. The minimum absolute atomic E-state index is 0.0247. The molecule has 0 saturated carbocycles. The van der Waals surface area contributed by atoms with Gasteiger partial charge in [0.05, 0.1) is 5.75 Å². The van der Waals surface area contributed by atoms with Crippen LogP contribution in [0.25, 0.3) is 0 Å². The first-order chi connectivity index (χ1) is 8.75. The quantitative estimate of drug-likeness (QED) is 0.916. The van der Waals surface area contributed by atoms with E-state index in [2.05, 4.69) is 15.2 Å². The normalized spacial score (nSPS) is 19.5. The Morgan fingerprint density at radius 1 is 1.39 bits per heavy atom. The predicted molar refractivity (Wildman–Crippen MR) is 70.5 cm³/mol. The zero-order valence-corrected chi connectivity index (χ0v) is 10.8. The van der Waals surface area contributed by atoms with E-state index in [-0.39, 0.29) is 11.3 Å². The summed E-state index contributed by atoms with van der Waals surface area (Å²) in [6, 6.07) is 7.47. The minimum atomic E-state index is -0.0808. The molecule has 2 aromatic rings. The average molecular weight is 281 g/mol. The molecule has 0 aliphatic carbocycles. The van der Waals surface area contributed by atoms with Crippen LogP contribution in [-0.4, -0.2) is 26.8 Å². The molecule has 1 N–H and O–H groups in total. The molecule has 5 nitrogen and oxygen atoms in total. The number of nitrogens with one attached hydrogen (secondary N) is 1. The van der Waals surface area contributed by atoms with Crippen molar-refractivity contribution in [2.75, 3.05) is 10.7 Å². The number of aromatic nitrogens is 3. The number of rotatable bonds is 2. The van der Waals surface area contributed by atoms with Crippen molar-refractivity contribution in [3.8, 4) is 0 Å². The first-order valence-corrected chi connectivity index (χ1v) is 6.73. The van der Waals surface area contributed by atoms with E-state index in [0.717, 1.165) is 5.56 Å². The molecule has 1 aromatic heterocycles. The highest BCUT2D eigenvalue weighted by atomic mass is 35.5. The Balaban J connectivity index is 1.96. The third kappa shape index (κ3) is 1.97. The van der Waals surface area contributed by atoms with Gasteiger partial charge in [0.15, 0.2) is 0 Å². The Bertz CT molecular complexity index is 557. The van der Waals surface area contributed by atoms with E-state index in [1.54, 1.807) is 16.7 Å². The topological polar surface area (TPSA) is 61.9 Å². The highest BCUT2D eigenvalue weighted by Crippen LogP contribution is 2.40. The molecule has 3 rings (SSSR count). The van der Waals surface area contributed by atoms with Crippen molar-refractivity contribution in [3.05, 3.63) is 41.2 Å². The van der Waals surface area contributed by atoms with Gasteiger partial charge in [-0.2, -0.15) is 10.1 Å². The summed E-state index contributed by atoms with van der Waals surface area (Å²) in [5, 5.41) is 7.11. The van der Waals surface area contributed by atoms with Crippen molar-refractivity contribution in [3.63, 3.8) is 0 Å². The van der Waals surface area contributed by atoms with Crippen LogP contribution in [0, 0.1) is 0 Å². The maximum Gasteiger partial charge on any atom is 0.240 e. The molecule has 1 aliphatic heterocycles. The lowest BCUT2D eigenvalue weighted by Gasteiger charge is -2.21. The molecule has 18 heavy (non-hydrogen) atoms. The van der Waals surface area contributed by atoms with Crippen LogP contribution in [0.1, 0.15) is 10.9 Å². The molecule has 1 aromatic carbocycles. The molecule has 92 valence electrons. The molecule has 0 radical (unpaired) electrons. The predicted octanol–water partition coefficient (Wildman–Crippen LogP) is 2.24. The number of thioether (sulfide) groups is 1. The minimum Gasteiger partial charge on any atom is -0.273 e. The maximum absolute atomic E-state index is 11.9. The molecule has 7 heteroatoms. The third-order valence-corrected chi connectivity index (χ3v) is 4.12. The number of carbonyl (C=O) groups excluding carboxylic acids is 1. The molecule has 1 fully saturated rings. The molecule has 0 bridgehead atoms. The summed E-state index contributed by atoms with van der Waals surface area (Å²) in [5.74, 6) is 0.940. The zero-order chi connectivity index (χ0) is 12.5. The van der Waals surface area contributed by atoms with Gasteiger partial charge in [-0.15, -0.1) is 11.8 Å². The molecule has 0 spiro atoms. The van der Waals surface area contributed by atoms with Crippen LogP contribution in [0.15, 0.2) is 30.6 Å². The van der Waals surface area contributed by atoms with Crippen molar-refractivity contribution in [1.82, 2.24) is 15.2 Å². The Labute approximate surface area is 113 Å². The summed E-state index contributed by atoms with van der Waals surface area (Å²) >= 11 is 7.43. The van der Waals surface area contributed by atoms with Gasteiger partial charge in [0.1, 0.15) is 11.7 Å². The number of hydrogen-bond donors (Lipinski definition) is 1. The number of carbonyl (C=O) groups is 1. The van der Waals surface area contributed by atoms with Gasteiger partial charge in [-0.05, 0) is 17.7 Å². The van der Waals surface area contributed by atoms with Gasteiger partial charge in [0.2, 0.25) is 11.9 Å². The van der Waals surface area contributed by atoms with E-state index in [9.17, 15) is 4.79 Å². The number of halogens is 1. The first kappa shape index (κ1) is 11.6.